The first-order valence-corrected chi connectivity index (χ1v) is 13.0. The molecule has 0 amide bonds. The number of benzene rings is 1. The second-order valence-corrected chi connectivity index (χ2v) is 11.1. The highest BCUT2D eigenvalue weighted by Gasteiger charge is 2.44. The molecule has 1 aromatic carbocycles. The molecule has 0 unspecified atom stereocenters. The van der Waals surface area contributed by atoms with Crippen LogP contribution in [0.25, 0.3) is 0 Å². The average Bonchev–Trinajstić information content (AvgIpc) is 3.49. The molecule has 34 heavy (non-hydrogen) atoms. The number of piperidine rings is 1. The summed E-state index contributed by atoms with van der Waals surface area (Å²) in [6.07, 6.45) is 6.22. The molecule has 2 fully saturated rings. The number of amidine groups is 1. The number of hydrogen-bond acceptors (Lipinski definition) is 6. The van der Waals surface area contributed by atoms with Crippen LogP contribution in [0.15, 0.2) is 54.2 Å². The Labute approximate surface area is 206 Å². The van der Waals surface area contributed by atoms with E-state index in [2.05, 4.69) is 66.4 Å². The maximum atomic E-state index is 7.70. The summed E-state index contributed by atoms with van der Waals surface area (Å²) in [6.45, 7) is 8.91. The van der Waals surface area contributed by atoms with E-state index < -0.39 is 0 Å². The van der Waals surface area contributed by atoms with Crippen molar-refractivity contribution in [2.24, 2.45) is 11.1 Å². The Bertz CT molecular complexity index is 1030. The molecule has 4 N–H and O–H groups in total. The summed E-state index contributed by atoms with van der Waals surface area (Å²) in [5.74, 6) is 1.06. The van der Waals surface area contributed by atoms with Crippen molar-refractivity contribution in [1.82, 2.24) is 24.7 Å². The second-order valence-electron chi connectivity index (χ2n) is 10.0. The maximum absolute atomic E-state index is 7.70. The van der Waals surface area contributed by atoms with Gasteiger partial charge < -0.3 is 10.7 Å². The third-order valence-electron chi connectivity index (χ3n) is 7.15. The van der Waals surface area contributed by atoms with Gasteiger partial charge in [-0.1, -0.05) is 30.3 Å². The molecule has 5 rings (SSSR count). The molecule has 4 heterocycles. The first-order chi connectivity index (χ1) is 16.6. The standard InChI is InChI=1S/C26H35N7S/c27-24(28)17-32(18-25-29-9-10-30-25)15-22-5-3-21(4-6-22)14-31-11-7-26(8-12-31)19-33(20-26)16-23-2-1-13-34-23/h1-6,9-10,13H,7-8,11-12,14-20H2,(H3,27,28)(H,29,30). The van der Waals surface area contributed by atoms with Crippen LogP contribution in [0.1, 0.15) is 34.7 Å². The lowest BCUT2D eigenvalue weighted by Gasteiger charge is -2.54. The fourth-order valence-electron chi connectivity index (χ4n) is 5.41. The predicted octanol–water partition coefficient (Wildman–Crippen LogP) is 3.51. The van der Waals surface area contributed by atoms with E-state index in [0.717, 1.165) is 25.5 Å². The van der Waals surface area contributed by atoms with Crippen molar-refractivity contribution in [1.29, 1.82) is 5.41 Å². The lowest BCUT2D eigenvalue weighted by Crippen LogP contribution is -2.59. The molecule has 0 atom stereocenters. The van der Waals surface area contributed by atoms with Gasteiger partial charge in [0, 0.05) is 50.0 Å². The van der Waals surface area contributed by atoms with E-state index in [-0.39, 0.29) is 5.84 Å². The Morgan fingerprint density at radius 3 is 2.47 bits per heavy atom. The number of nitrogens with zero attached hydrogens (tertiary/aromatic N) is 4. The first-order valence-electron chi connectivity index (χ1n) is 12.1. The third kappa shape index (κ3) is 5.93. The normalized spacial score (nSPS) is 18.4. The number of H-pyrrole nitrogens is 1. The number of thiophene rings is 1. The highest BCUT2D eigenvalue weighted by Crippen LogP contribution is 2.41. The van der Waals surface area contributed by atoms with Gasteiger partial charge in [0.1, 0.15) is 11.7 Å². The molecule has 2 saturated heterocycles. The van der Waals surface area contributed by atoms with E-state index in [1.165, 1.54) is 55.0 Å². The number of rotatable bonds is 10. The smallest absolute Gasteiger partial charge is 0.120 e. The van der Waals surface area contributed by atoms with Crippen LogP contribution in [-0.2, 0) is 26.2 Å². The Balaban J connectivity index is 1.08. The van der Waals surface area contributed by atoms with Crippen molar-refractivity contribution in [2.75, 3.05) is 32.7 Å². The molecule has 3 aromatic rings. The van der Waals surface area contributed by atoms with Gasteiger partial charge in [0.2, 0.25) is 0 Å². The molecular formula is C26H35N7S. The van der Waals surface area contributed by atoms with Gasteiger partial charge in [-0.25, -0.2) is 4.98 Å². The van der Waals surface area contributed by atoms with E-state index in [1.54, 1.807) is 6.20 Å². The van der Waals surface area contributed by atoms with Gasteiger partial charge in [0.05, 0.1) is 13.1 Å². The number of nitrogens with two attached hydrogens (primary N) is 1. The molecule has 0 radical (unpaired) electrons. The van der Waals surface area contributed by atoms with E-state index in [0.29, 0.717) is 18.5 Å². The van der Waals surface area contributed by atoms with Crippen LogP contribution in [0.3, 0.4) is 0 Å². The molecular weight excluding hydrogens is 442 g/mol. The van der Waals surface area contributed by atoms with Crippen LogP contribution < -0.4 is 5.73 Å². The summed E-state index contributed by atoms with van der Waals surface area (Å²) in [7, 11) is 0. The van der Waals surface area contributed by atoms with Crippen molar-refractivity contribution in [2.45, 2.75) is 39.0 Å². The number of aromatic amines is 1. The molecule has 8 heteroatoms. The largest absolute Gasteiger partial charge is 0.387 e. The van der Waals surface area contributed by atoms with Crippen molar-refractivity contribution >= 4 is 17.2 Å². The second kappa shape index (κ2) is 10.4. The minimum atomic E-state index is 0.173. The zero-order valence-electron chi connectivity index (χ0n) is 19.7. The molecule has 0 bridgehead atoms. The molecule has 180 valence electrons. The molecule has 2 aromatic heterocycles. The fourth-order valence-corrected chi connectivity index (χ4v) is 6.16. The molecule has 7 nitrogen and oxygen atoms in total. The lowest BCUT2D eigenvalue weighted by molar-refractivity contribution is -0.0519. The Kier molecular flexibility index (Phi) is 7.10. The average molecular weight is 478 g/mol. The summed E-state index contributed by atoms with van der Waals surface area (Å²) in [6, 6.07) is 13.3. The number of hydrogen-bond donors (Lipinski definition) is 3. The van der Waals surface area contributed by atoms with Crippen molar-refractivity contribution in [3.8, 4) is 0 Å². The molecule has 1 spiro atoms. The Morgan fingerprint density at radius 2 is 1.82 bits per heavy atom. The van der Waals surface area contributed by atoms with Crippen molar-refractivity contribution in [3.05, 3.63) is 76.0 Å². The highest BCUT2D eigenvalue weighted by atomic mass is 32.1. The summed E-state index contributed by atoms with van der Waals surface area (Å²) in [4.78, 5) is 16.3. The minimum Gasteiger partial charge on any atom is -0.387 e. The first kappa shape index (κ1) is 23.2. The number of nitrogens with one attached hydrogen (secondary N) is 2. The van der Waals surface area contributed by atoms with E-state index in [9.17, 15) is 0 Å². The monoisotopic (exact) mass is 477 g/mol. The van der Waals surface area contributed by atoms with E-state index in [4.69, 9.17) is 11.1 Å². The minimum absolute atomic E-state index is 0.173. The quantitative estimate of drug-likeness (QED) is 0.307. The summed E-state index contributed by atoms with van der Waals surface area (Å²) in [5, 5.41) is 9.87. The fraction of sp³-hybridized carbons (Fsp3) is 0.462. The summed E-state index contributed by atoms with van der Waals surface area (Å²) < 4.78 is 0. The predicted molar refractivity (Wildman–Crippen MR) is 138 cm³/mol. The number of aromatic nitrogens is 2. The molecule has 2 aliphatic heterocycles. The zero-order valence-corrected chi connectivity index (χ0v) is 20.6. The highest BCUT2D eigenvalue weighted by molar-refractivity contribution is 7.09. The third-order valence-corrected chi connectivity index (χ3v) is 8.01. The van der Waals surface area contributed by atoms with Gasteiger partial charge in [-0.3, -0.25) is 20.1 Å². The van der Waals surface area contributed by atoms with Crippen LogP contribution in [0.5, 0.6) is 0 Å². The van der Waals surface area contributed by atoms with Crippen molar-refractivity contribution < 1.29 is 0 Å². The Morgan fingerprint density at radius 1 is 1.06 bits per heavy atom. The van der Waals surface area contributed by atoms with Gasteiger partial charge in [-0.05, 0) is 53.9 Å². The summed E-state index contributed by atoms with van der Waals surface area (Å²) >= 11 is 1.87. The topological polar surface area (TPSA) is 88.3 Å². The van der Waals surface area contributed by atoms with Gasteiger partial charge in [-0.15, -0.1) is 11.3 Å². The van der Waals surface area contributed by atoms with Crippen LogP contribution in [0, 0.1) is 10.8 Å². The van der Waals surface area contributed by atoms with Gasteiger partial charge in [0.25, 0.3) is 0 Å². The molecule has 2 aliphatic rings. The van der Waals surface area contributed by atoms with Gasteiger partial charge in [0.15, 0.2) is 0 Å². The molecule has 0 aliphatic carbocycles. The van der Waals surface area contributed by atoms with E-state index in [1.807, 2.05) is 17.5 Å². The summed E-state index contributed by atoms with van der Waals surface area (Å²) in [5.41, 5.74) is 8.84. The lowest BCUT2D eigenvalue weighted by atomic mass is 9.72. The van der Waals surface area contributed by atoms with Gasteiger partial charge in [-0.2, -0.15) is 0 Å². The van der Waals surface area contributed by atoms with Crippen molar-refractivity contribution in [3.63, 3.8) is 0 Å². The van der Waals surface area contributed by atoms with Crippen LogP contribution >= 0.6 is 11.3 Å². The van der Waals surface area contributed by atoms with Crippen LogP contribution in [0.4, 0.5) is 0 Å². The maximum Gasteiger partial charge on any atom is 0.120 e. The Hall–Kier alpha value is -2.52. The van der Waals surface area contributed by atoms with Gasteiger partial charge >= 0.3 is 0 Å². The van der Waals surface area contributed by atoms with E-state index >= 15 is 0 Å². The van der Waals surface area contributed by atoms with Crippen LogP contribution in [-0.4, -0.2) is 63.2 Å². The number of imidazole rings is 1. The SMILES string of the molecule is N=C(N)CN(Cc1ccc(CN2CCC3(CC2)CN(Cc2cccs2)C3)cc1)Cc1ncc[nH]1. The van der Waals surface area contributed by atoms with Crippen LogP contribution in [0.2, 0.25) is 0 Å². The number of likely N-dealkylation sites (tertiary alicyclic amines) is 2. The zero-order chi connectivity index (χ0) is 23.4. The molecule has 0 saturated carbocycles.